The summed E-state index contributed by atoms with van der Waals surface area (Å²) in [6.45, 7) is 2.16. The zero-order chi connectivity index (χ0) is 13.0. The van der Waals surface area contributed by atoms with Crippen LogP contribution in [0.25, 0.3) is 0 Å². The maximum Gasteiger partial charge on any atom is 0.269 e. The van der Waals surface area contributed by atoms with Crippen LogP contribution in [0.4, 0.5) is 0 Å². The number of nitrogens with zero attached hydrogens (tertiary/aromatic N) is 2. The topological polar surface area (TPSA) is 68.2 Å². The van der Waals surface area contributed by atoms with Crippen LogP contribution >= 0.6 is 0 Å². The van der Waals surface area contributed by atoms with E-state index in [-0.39, 0.29) is 11.4 Å². The van der Waals surface area contributed by atoms with E-state index in [4.69, 9.17) is 4.74 Å². The zero-order valence-electron chi connectivity index (χ0n) is 10.9. The van der Waals surface area contributed by atoms with Gasteiger partial charge in [0.1, 0.15) is 5.69 Å². The molecule has 18 heavy (non-hydrogen) atoms. The van der Waals surface area contributed by atoms with E-state index in [1.165, 1.54) is 0 Å². The van der Waals surface area contributed by atoms with Crippen molar-refractivity contribution in [3.05, 3.63) is 18.0 Å². The first kappa shape index (κ1) is 13.0. The Kier molecular flexibility index (Phi) is 3.98. The number of amides is 1. The van der Waals surface area contributed by atoms with Crippen LogP contribution in [-0.4, -0.2) is 48.0 Å². The van der Waals surface area contributed by atoms with Crippen molar-refractivity contribution in [2.24, 2.45) is 7.05 Å². The molecule has 2 N–H and O–H groups in total. The summed E-state index contributed by atoms with van der Waals surface area (Å²) >= 11 is 0. The summed E-state index contributed by atoms with van der Waals surface area (Å²) in [7, 11) is 3.44. The molecule has 2 rings (SSSR count). The van der Waals surface area contributed by atoms with Gasteiger partial charge in [-0.05, 0) is 25.5 Å². The predicted octanol–water partition coefficient (Wildman–Crippen LogP) is -0.0815. The van der Waals surface area contributed by atoms with Gasteiger partial charge in [0.25, 0.3) is 5.91 Å². The van der Waals surface area contributed by atoms with E-state index < -0.39 is 0 Å². The lowest BCUT2D eigenvalue weighted by Crippen LogP contribution is -2.53. The highest BCUT2D eigenvalue weighted by Crippen LogP contribution is 2.18. The normalized spacial score (nSPS) is 23.2. The summed E-state index contributed by atoms with van der Waals surface area (Å²) in [4.78, 5) is 12.0. The predicted molar refractivity (Wildman–Crippen MR) is 67.4 cm³/mol. The molecule has 1 unspecified atom stereocenters. The van der Waals surface area contributed by atoms with Gasteiger partial charge in [-0.15, -0.1) is 0 Å². The molecule has 0 aromatic carbocycles. The second-order valence-electron chi connectivity index (χ2n) is 4.77. The summed E-state index contributed by atoms with van der Waals surface area (Å²) in [5.41, 5.74) is 0.448. The standard InChI is InChI=1S/C12H20N4O2/c1-16-10(4-7-15-16)11(17)13-8-12(9-18-2)5-3-6-14-12/h4,7,14H,3,5-6,8-9H2,1-2H3,(H,13,17). The van der Waals surface area contributed by atoms with Gasteiger partial charge in [0.2, 0.25) is 0 Å². The molecule has 0 bridgehead atoms. The SMILES string of the molecule is COCC1(CNC(=O)c2ccnn2C)CCCN1. The van der Waals surface area contributed by atoms with Gasteiger partial charge in [0.15, 0.2) is 0 Å². The summed E-state index contributed by atoms with van der Waals surface area (Å²) in [6.07, 6.45) is 3.76. The van der Waals surface area contributed by atoms with Crippen LogP contribution in [0.2, 0.25) is 0 Å². The Labute approximate surface area is 107 Å². The van der Waals surface area contributed by atoms with Crippen LogP contribution in [0.15, 0.2) is 12.3 Å². The number of ether oxygens (including phenoxy) is 1. The summed E-state index contributed by atoms with van der Waals surface area (Å²) < 4.78 is 6.81. The molecule has 1 aliphatic rings. The average molecular weight is 252 g/mol. The third-order valence-electron chi connectivity index (χ3n) is 3.39. The van der Waals surface area contributed by atoms with Gasteiger partial charge in [-0.2, -0.15) is 5.10 Å². The van der Waals surface area contributed by atoms with Gasteiger partial charge in [0, 0.05) is 26.9 Å². The summed E-state index contributed by atoms with van der Waals surface area (Å²) in [5.74, 6) is -0.0980. The molecular weight excluding hydrogens is 232 g/mol. The fourth-order valence-corrected chi connectivity index (χ4v) is 2.41. The van der Waals surface area contributed by atoms with Crippen molar-refractivity contribution >= 4 is 5.91 Å². The van der Waals surface area contributed by atoms with E-state index in [9.17, 15) is 4.79 Å². The number of carbonyl (C=O) groups is 1. The first-order valence-corrected chi connectivity index (χ1v) is 6.17. The Morgan fingerprint density at radius 2 is 2.56 bits per heavy atom. The first-order valence-electron chi connectivity index (χ1n) is 6.17. The Hall–Kier alpha value is -1.40. The Bertz CT molecular complexity index is 410. The van der Waals surface area contributed by atoms with Crippen LogP contribution in [0.3, 0.4) is 0 Å². The molecule has 6 heteroatoms. The smallest absolute Gasteiger partial charge is 0.269 e. The lowest BCUT2D eigenvalue weighted by molar-refractivity contribution is 0.0883. The largest absolute Gasteiger partial charge is 0.383 e. The maximum absolute atomic E-state index is 12.0. The molecule has 1 amide bonds. The van der Waals surface area contributed by atoms with Crippen molar-refractivity contribution in [3.63, 3.8) is 0 Å². The van der Waals surface area contributed by atoms with Crippen molar-refractivity contribution in [2.75, 3.05) is 26.8 Å². The van der Waals surface area contributed by atoms with Crippen LogP contribution in [0.5, 0.6) is 0 Å². The molecule has 0 saturated carbocycles. The number of nitrogens with one attached hydrogen (secondary N) is 2. The third-order valence-corrected chi connectivity index (χ3v) is 3.39. The van der Waals surface area contributed by atoms with E-state index in [1.54, 1.807) is 31.1 Å². The number of hydrogen-bond acceptors (Lipinski definition) is 4. The van der Waals surface area contributed by atoms with Gasteiger partial charge >= 0.3 is 0 Å². The van der Waals surface area contributed by atoms with Crippen LogP contribution in [0.1, 0.15) is 23.3 Å². The van der Waals surface area contributed by atoms with Crippen LogP contribution in [-0.2, 0) is 11.8 Å². The molecule has 2 heterocycles. The highest BCUT2D eigenvalue weighted by atomic mass is 16.5. The van der Waals surface area contributed by atoms with Crippen molar-refractivity contribution in [1.29, 1.82) is 0 Å². The molecule has 6 nitrogen and oxygen atoms in total. The Balaban J connectivity index is 1.94. The van der Waals surface area contributed by atoms with E-state index in [0.717, 1.165) is 19.4 Å². The molecule has 0 aliphatic carbocycles. The van der Waals surface area contributed by atoms with Gasteiger partial charge in [-0.3, -0.25) is 9.48 Å². The minimum absolute atomic E-state index is 0.0980. The zero-order valence-corrected chi connectivity index (χ0v) is 10.9. The fraction of sp³-hybridized carbons (Fsp3) is 0.667. The summed E-state index contributed by atoms with van der Waals surface area (Å²) in [6, 6.07) is 1.71. The second kappa shape index (κ2) is 5.49. The third kappa shape index (κ3) is 2.70. The van der Waals surface area contributed by atoms with E-state index in [2.05, 4.69) is 15.7 Å². The van der Waals surface area contributed by atoms with Crippen LogP contribution in [0, 0.1) is 0 Å². The van der Waals surface area contributed by atoms with Gasteiger partial charge in [0.05, 0.1) is 12.1 Å². The molecule has 1 fully saturated rings. The number of hydrogen-bond donors (Lipinski definition) is 2. The minimum Gasteiger partial charge on any atom is -0.383 e. The van der Waals surface area contributed by atoms with Gasteiger partial charge in [-0.25, -0.2) is 0 Å². The van der Waals surface area contributed by atoms with Gasteiger partial charge < -0.3 is 15.4 Å². The molecule has 100 valence electrons. The van der Waals surface area contributed by atoms with E-state index in [0.29, 0.717) is 18.8 Å². The molecule has 1 saturated heterocycles. The van der Waals surface area contributed by atoms with Crippen LogP contribution < -0.4 is 10.6 Å². The summed E-state index contributed by atoms with van der Waals surface area (Å²) in [5, 5.41) is 10.4. The second-order valence-corrected chi connectivity index (χ2v) is 4.77. The highest BCUT2D eigenvalue weighted by molar-refractivity contribution is 5.92. The number of methoxy groups -OCH3 is 1. The van der Waals surface area contributed by atoms with E-state index >= 15 is 0 Å². The number of carbonyl (C=O) groups excluding carboxylic acids is 1. The molecule has 1 aliphatic heterocycles. The highest BCUT2D eigenvalue weighted by Gasteiger charge is 2.33. The fourth-order valence-electron chi connectivity index (χ4n) is 2.41. The van der Waals surface area contributed by atoms with Crippen molar-refractivity contribution in [2.45, 2.75) is 18.4 Å². The van der Waals surface area contributed by atoms with Crippen molar-refractivity contribution in [1.82, 2.24) is 20.4 Å². The molecule has 0 radical (unpaired) electrons. The van der Waals surface area contributed by atoms with Gasteiger partial charge in [-0.1, -0.05) is 0 Å². The Morgan fingerprint density at radius 1 is 1.72 bits per heavy atom. The molecular formula is C12H20N4O2. The van der Waals surface area contributed by atoms with Crippen molar-refractivity contribution in [3.8, 4) is 0 Å². The molecule has 1 atom stereocenters. The lowest BCUT2D eigenvalue weighted by atomic mass is 9.98. The average Bonchev–Trinajstić information content (AvgIpc) is 2.97. The Morgan fingerprint density at radius 3 is 3.11 bits per heavy atom. The number of rotatable bonds is 5. The monoisotopic (exact) mass is 252 g/mol. The maximum atomic E-state index is 12.0. The van der Waals surface area contributed by atoms with E-state index in [1.807, 2.05) is 0 Å². The lowest BCUT2D eigenvalue weighted by Gasteiger charge is -2.28. The van der Waals surface area contributed by atoms with Crippen molar-refractivity contribution < 1.29 is 9.53 Å². The number of aromatic nitrogens is 2. The molecule has 0 spiro atoms. The quantitative estimate of drug-likeness (QED) is 0.769. The number of aryl methyl sites for hydroxylation is 1. The molecule has 1 aromatic heterocycles. The minimum atomic E-state index is -0.122. The molecule has 1 aromatic rings. The first-order chi connectivity index (χ1) is 8.67.